The summed E-state index contributed by atoms with van der Waals surface area (Å²) in [6.07, 6.45) is 5.23. The second kappa shape index (κ2) is 10.6. The summed E-state index contributed by atoms with van der Waals surface area (Å²) in [6.45, 7) is 12.5. The lowest BCUT2D eigenvalue weighted by Gasteiger charge is -2.26. The first kappa shape index (κ1) is 26.0. The van der Waals surface area contributed by atoms with Gasteiger partial charge in [-0.3, -0.25) is 14.7 Å². The Morgan fingerprint density at radius 2 is 2.05 bits per heavy atom. The van der Waals surface area contributed by atoms with Gasteiger partial charge in [-0.15, -0.1) is 5.10 Å². The van der Waals surface area contributed by atoms with Crippen molar-refractivity contribution in [3.05, 3.63) is 41.3 Å². The molecule has 0 amide bonds. The lowest BCUT2D eigenvalue weighted by atomic mass is 10.1. The van der Waals surface area contributed by atoms with Crippen molar-refractivity contribution < 1.29 is 14.6 Å². The molecule has 2 N–H and O–H groups in total. The maximum Gasteiger partial charge on any atom is 0.240 e. The van der Waals surface area contributed by atoms with E-state index in [0.717, 1.165) is 51.4 Å². The Morgan fingerprint density at radius 1 is 1.24 bits per heavy atom. The first-order valence-electron chi connectivity index (χ1n) is 13.3. The molecular weight excluding hydrogens is 482 g/mol. The van der Waals surface area contributed by atoms with Crippen LogP contribution in [0.15, 0.2) is 24.4 Å². The topological polar surface area (TPSA) is 106 Å². The Balaban J connectivity index is 1.70. The van der Waals surface area contributed by atoms with Crippen LogP contribution in [0, 0.1) is 0 Å². The van der Waals surface area contributed by atoms with Crippen LogP contribution < -0.4 is 9.47 Å². The number of nitrogens with one attached hydrogen (secondary N) is 1. The Kier molecular flexibility index (Phi) is 7.27. The summed E-state index contributed by atoms with van der Waals surface area (Å²) in [4.78, 5) is 2.32. The van der Waals surface area contributed by atoms with Crippen LogP contribution in [0.25, 0.3) is 34.2 Å². The number of nitrogens with zero attached hydrogens (tertiary/aromatic N) is 6. The van der Waals surface area contributed by atoms with Gasteiger partial charge in [-0.25, -0.2) is 4.68 Å². The number of aliphatic hydroxyl groups is 1. The Bertz CT molecular complexity index is 1450. The fourth-order valence-electron chi connectivity index (χ4n) is 4.90. The monoisotopic (exact) mass is 519 g/mol. The number of likely N-dealkylation sites (N-methyl/N-ethyl adjacent to an activating group) is 1. The van der Waals surface area contributed by atoms with E-state index >= 15 is 0 Å². The molecule has 202 valence electrons. The Labute approximate surface area is 222 Å². The number of H-pyrrole nitrogens is 1. The summed E-state index contributed by atoms with van der Waals surface area (Å²) in [6, 6.07) is 6.18. The van der Waals surface area contributed by atoms with Crippen LogP contribution in [-0.2, 0) is 20.1 Å². The smallest absolute Gasteiger partial charge is 0.240 e. The third kappa shape index (κ3) is 5.19. The van der Waals surface area contributed by atoms with E-state index in [0.29, 0.717) is 25.5 Å². The van der Waals surface area contributed by atoms with Gasteiger partial charge in [0.1, 0.15) is 6.10 Å². The first-order chi connectivity index (χ1) is 18.2. The largest absolute Gasteiger partial charge is 0.473 e. The standard InChI is InChI=1S/C28H37N7O3/c1-7-34-15-19(5)38-28-23(13-29-33(28)6)20-8-10-24-22(12-20)25(31-30-24)11-9-21-26(16-34)35(14-18(4)36)32-27(21)37-17(2)3/h8-13,17-19,36H,7,14-16H2,1-6H3,(H,30,31)/b11-9+. The van der Waals surface area contributed by atoms with Gasteiger partial charge in [0.25, 0.3) is 0 Å². The molecular formula is C28H37N7O3. The molecule has 5 rings (SSSR count). The molecule has 2 atom stereocenters. The Morgan fingerprint density at radius 3 is 2.79 bits per heavy atom. The van der Waals surface area contributed by atoms with Crippen molar-refractivity contribution >= 4 is 23.1 Å². The van der Waals surface area contributed by atoms with Crippen molar-refractivity contribution in [2.45, 2.75) is 66.0 Å². The Hall–Kier alpha value is -3.63. The molecule has 0 aliphatic carbocycles. The molecule has 2 bridgehead atoms. The van der Waals surface area contributed by atoms with Gasteiger partial charge in [-0.05, 0) is 64.1 Å². The fourth-order valence-corrected chi connectivity index (χ4v) is 4.90. The van der Waals surface area contributed by atoms with E-state index in [1.807, 2.05) is 50.0 Å². The normalized spacial score (nSPS) is 18.1. The summed E-state index contributed by atoms with van der Waals surface area (Å²) in [5.74, 6) is 1.29. The average molecular weight is 520 g/mol. The lowest BCUT2D eigenvalue weighted by Crippen LogP contribution is -2.35. The van der Waals surface area contributed by atoms with Gasteiger partial charge < -0.3 is 14.6 Å². The van der Waals surface area contributed by atoms with Crippen molar-refractivity contribution in [2.24, 2.45) is 7.05 Å². The minimum atomic E-state index is -0.554. The molecule has 0 saturated heterocycles. The van der Waals surface area contributed by atoms with Crippen LogP contribution in [0.2, 0.25) is 0 Å². The highest BCUT2D eigenvalue weighted by atomic mass is 16.5. The minimum absolute atomic E-state index is 0.0441. The predicted molar refractivity (Wildman–Crippen MR) is 148 cm³/mol. The van der Waals surface area contributed by atoms with Gasteiger partial charge in [0.05, 0.1) is 53.0 Å². The summed E-state index contributed by atoms with van der Waals surface area (Å²) in [7, 11) is 1.90. The minimum Gasteiger partial charge on any atom is -0.473 e. The van der Waals surface area contributed by atoms with Crippen LogP contribution >= 0.6 is 0 Å². The van der Waals surface area contributed by atoms with Crippen molar-refractivity contribution in [3.8, 4) is 22.9 Å². The highest BCUT2D eigenvalue weighted by Crippen LogP contribution is 2.34. The number of aromatic nitrogens is 6. The molecule has 10 heteroatoms. The molecule has 4 aromatic rings. The second-order valence-corrected chi connectivity index (χ2v) is 10.3. The third-order valence-electron chi connectivity index (χ3n) is 6.69. The summed E-state index contributed by atoms with van der Waals surface area (Å²) >= 11 is 0. The number of aromatic amines is 1. The number of aliphatic hydroxyl groups excluding tert-OH is 1. The molecule has 4 heterocycles. The van der Waals surface area contributed by atoms with Gasteiger partial charge in [0.15, 0.2) is 0 Å². The summed E-state index contributed by atoms with van der Waals surface area (Å²) in [5, 5.41) is 28.2. The van der Waals surface area contributed by atoms with Crippen molar-refractivity contribution in [2.75, 3.05) is 13.1 Å². The molecule has 1 aliphatic heterocycles. The molecule has 2 unspecified atom stereocenters. The molecule has 10 nitrogen and oxygen atoms in total. The van der Waals surface area contributed by atoms with Crippen molar-refractivity contribution in [1.29, 1.82) is 0 Å². The molecule has 0 radical (unpaired) electrons. The number of rotatable bonds is 5. The molecule has 38 heavy (non-hydrogen) atoms. The number of hydrogen-bond acceptors (Lipinski definition) is 7. The number of aryl methyl sites for hydroxylation is 1. The van der Waals surface area contributed by atoms with Crippen molar-refractivity contribution in [3.63, 3.8) is 0 Å². The number of benzene rings is 1. The molecule has 0 spiro atoms. The summed E-state index contributed by atoms with van der Waals surface area (Å²) < 4.78 is 16.3. The highest BCUT2D eigenvalue weighted by Gasteiger charge is 2.24. The van der Waals surface area contributed by atoms with E-state index in [1.165, 1.54) is 0 Å². The highest BCUT2D eigenvalue weighted by molar-refractivity contribution is 5.93. The second-order valence-electron chi connectivity index (χ2n) is 10.3. The fraction of sp³-hybridized carbons (Fsp3) is 0.464. The first-order valence-corrected chi connectivity index (χ1v) is 13.3. The van der Waals surface area contributed by atoms with Gasteiger partial charge in [0.2, 0.25) is 11.8 Å². The zero-order chi connectivity index (χ0) is 27.0. The third-order valence-corrected chi connectivity index (χ3v) is 6.69. The summed E-state index contributed by atoms with van der Waals surface area (Å²) in [5.41, 5.74) is 5.59. The number of ether oxygens (including phenoxy) is 2. The van der Waals surface area contributed by atoms with E-state index < -0.39 is 6.10 Å². The molecule has 1 aromatic carbocycles. The van der Waals surface area contributed by atoms with Gasteiger partial charge in [-0.1, -0.05) is 13.0 Å². The number of fused-ring (bicyclic) bond motifs is 4. The maximum atomic E-state index is 10.2. The zero-order valence-electron chi connectivity index (χ0n) is 23.0. The predicted octanol–water partition coefficient (Wildman–Crippen LogP) is 4.10. The van der Waals surface area contributed by atoms with Crippen molar-refractivity contribution in [1.82, 2.24) is 34.7 Å². The zero-order valence-corrected chi connectivity index (χ0v) is 23.0. The van der Waals surface area contributed by atoms with E-state index in [9.17, 15) is 5.11 Å². The van der Waals surface area contributed by atoms with Crippen LogP contribution in [0.1, 0.15) is 51.6 Å². The van der Waals surface area contributed by atoms with E-state index in [4.69, 9.17) is 14.6 Å². The molecule has 0 saturated carbocycles. The molecule has 1 aliphatic rings. The van der Waals surface area contributed by atoms with E-state index in [1.54, 1.807) is 11.6 Å². The average Bonchev–Trinajstić information content (AvgIpc) is 3.52. The lowest BCUT2D eigenvalue weighted by molar-refractivity contribution is 0.131. The maximum absolute atomic E-state index is 10.2. The van der Waals surface area contributed by atoms with E-state index in [2.05, 4.69) is 46.2 Å². The van der Waals surface area contributed by atoms with Crippen LogP contribution in [-0.4, -0.2) is 71.2 Å². The number of hydrogen-bond donors (Lipinski definition) is 2. The van der Waals surface area contributed by atoms with Crippen LogP contribution in [0.3, 0.4) is 0 Å². The van der Waals surface area contributed by atoms with E-state index in [-0.39, 0.29) is 12.2 Å². The SMILES string of the molecule is CCN1Cc2c(c(OC(C)C)nn2CC(C)O)/C=C/c2[nH]nc3ccc(cc23)-c2cnn(C)c2OC(C)C1. The van der Waals surface area contributed by atoms with Gasteiger partial charge >= 0.3 is 0 Å². The van der Waals surface area contributed by atoms with Crippen LogP contribution in [0.4, 0.5) is 0 Å². The quantitative estimate of drug-likeness (QED) is 0.409. The van der Waals surface area contributed by atoms with Gasteiger partial charge in [0, 0.05) is 25.5 Å². The molecule has 3 aromatic heterocycles. The van der Waals surface area contributed by atoms with Gasteiger partial charge in [-0.2, -0.15) is 10.2 Å². The van der Waals surface area contributed by atoms with Crippen LogP contribution in [0.5, 0.6) is 11.8 Å². The molecule has 0 fully saturated rings.